The fraction of sp³-hybridized carbons (Fsp3) is 0.308. The molecule has 0 saturated carbocycles. The van der Waals surface area contributed by atoms with Crippen LogP contribution in [0.1, 0.15) is 16.9 Å². The summed E-state index contributed by atoms with van der Waals surface area (Å²) in [5.41, 5.74) is 1.63. The van der Waals surface area contributed by atoms with Gasteiger partial charge in [-0.05, 0) is 12.1 Å². The average molecular weight is 231 g/mol. The zero-order valence-electron chi connectivity index (χ0n) is 9.82. The molecule has 17 heavy (non-hydrogen) atoms. The Labute approximate surface area is 98.7 Å². The quantitative estimate of drug-likeness (QED) is 0.755. The maximum absolute atomic E-state index is 11.9. The van der Waals surface area contributed by atoms with Gasteiger partial charge in [0.15, 0.2) is 11.5 Å². The molecule has 3 rings (SSSR count). The number of ether oxygens (including phenoxy) is 2. The van der Waals surface area contributed by atoms with Gasteiger partial charge in [-0.3, -0.25) is 4.79 Å². The highest BCUT2D eigenvalue weighted by atomic mass is 16.5. The summed E-state index contributed by atoms with van der Waals surface area (Å²) < 4.78 is 12.7. The van der Waals surface area contributed by atoms with Gasteiger partial charge in [-0.2, -0.15) is 0 Å². The predicted molar refractivity (Wildman–Crippen MR) is 63.9 cm³/mol. The normalized spacial score (nSPS) is 14.6. The zero-order chi connectivity index (χ0) is 12.0. The molecule has 0 bridgehead atoms. The summed E-state index contributed by atoms with van der Waals surface area (Å²) in [6.45, 7) is 0.469. The SMILES string of the molecule is COc1ccc2c3c(n(C)c2c1)C(=O)CCO3. The molecule has 1 aliphatic rings. The van der Waals surface area contributed by atoms with Crippen LogP contribution in [0, 0.1) is 0 Å². The van der Waals surface area contributed by atoms with Crippen LogP contribution >= 0.6 is 0 Å². The van der Waals surface area contributed by atoms with Gasteiger partial charge in [0.05, 0.1) is 19.2 Å². The fourth-order valence-corrected chi connectivity index (χ4v) is 2.33. The summed E-state index contributed by atoms with van der Waals surface area (Å²) in [7, 11) is 3.51. The Balaban J connectivity index is 2.35. The summed E-state index contributed by atoms with van der Waals surface area (Å²) >= 11 is 0. The molecule has 1 aromatic carbocycles. The van der Waals surface area contributed by atoms with Crippen molar-refractivity contribution in [1.29, 1.82) is 0 Å². The lowest BCUT2D eigenvalue weighted by Gasteiger charge is -2.13. The topological polar surface area (TPSA) is 40.5 Å². The number of aryl methyl sites for hydroxylation is 1. The van der Waals surface area contributed by atoms with E-state index in [1.807, 2.05) is 29.8 Å². The van der Waals surface area contributed by atoms with Crippen molar-refractivity contribution in [3.63, 3.8) is 0 Å². The van der Waals surface area contributed by atoms with E-state index in [2.05, 4.69) is 0 Å². The first-order chi connectivity index (χ1) is 8.22. The van der Waals surface area contributed by atoms with Gasteiger partial charge in [-0.15, -0.1) is 0 Å². The number of fused-ring (bicyclic) bond motifs is 3. The van der Waals surface area contributed by atoms with E-state index in [-0.39, 0.29) is 5.78 Å². The van der Waals surface area contributed by atoms with Crippen molar-refractivity contribution in [2.75, 3.05) is 13.7 Å². The second-order valence-electron chi connectivity index (χ2n) is 4.14. The molecular weight excluding hydrogens is 218 g/mol. The standard InChI is InChI=1S/C13H13NO3/c1-14-10-7-8(16-2)3-4-9(10)13-12(14)11(15)5-6-17-13/h3-4,7H,5-6H2,1-2H3. The molecule has 0 saturated heterocycles. The van der Waals surface area contributed by atoms with Crippen LogP contribution in [0.5, 0.6) is 11.5 Å². The molecule has 0 fully saturated rings. The highest BCUT2D eigenvalue weighted by Crippen LogP contribution is 2.37. The molecule has 0 spiro atoms. The molecule has 1 aliphatic heterocycles. The highest BCUT2D eigenvalue weighted by Gasteiger charge is 2.26. The number of carbonyl (C=O) groups is 1. The average Bonchev–Trinajstić information content (AvgIpc) is 2.64. The maximum atomic E-state index is 11.9. The van der Waals surface area contributed by atoms with Gasteiger partial charge >= 0.3 is 0 Å². The summed E-state index contributed by atoms with van der Waals surface area (Å²) in [6, 6.07) is 5.74. The summed E-state index contributed by atoms with van der Waals surface area (Å²) in [5.74, 6) is 1.63. The van der Waals surface area contributed by atoms with E-state index in [1.165, 1.54) is 0 Å². The molecule has 0 atom stereocenters. The Bertz CT molecular complexity index is 613. The second-order valence-corrected chi connectivity index (χ2v) is 4.14. The summed E-state index contributed by atoms with van der Waals surface area (Å²) in [5, 5.41) is 0.969. The van der Waals surface area contributed by atoms with Crippen molar-refractivity contribution in [2.45, 2.75) is 6.42 Å². The number of carbonyl (C=O) groups excluding carboxylic acids is 1. The second kappa shape index (κ2) is 3.52. The lowest BCUT2D eigenvalue weighted by atomic mass is 10.1. The minimum Gasteiger partial charge on any atom is -0.497 e. The van der Waals surface area contributed by atoms with E-state index < -0.39 is 0 Å². The molecule has 0 N–H and O–H groups in total. The van der Waals surface area contributed by atoms with E-state index in [0.717, 1.165) is 16.7 Å². The third kappa shape index (κ3) is 1.33. The van der Waals surface area contributed by atoms with Crippen LogP contribution in [0.15, 0.2) is 18.2 Å². The largest absolute Gasteiger partial charge is 0.497 e. The first kappa shape index (κ1) is 10.2. The lowest BCUT2D eigenvalue weighted by Crippen LogP contribution is -2.17. The van der Waals surface area contributed by atoms with E-state index in [1.54, 1.807) is 7.11 Å². The number of nitrogens with zero attached hydrogens (tertiary/aromatic N) is 1. The monoisotopic (exact) mass is 231 g/mol. The zero-order valence-corrected chi connectivity index (χ0v) is 9.82. The van der Waals surface area contributed by atoms with E-state index in [4.69, 9.17) is 9.47 Å². The minimum absolute atomic E-state index is 0.143. The molecule has 0 aliphatic carbocycles. The number of rotatable bonds is 1. The molecule has 1 aromatic heterocycles. The minimum atomic E-state index is 0.143. The van der Waals surface area contributed by atoms with Gasteiger partial charge < -0.3 is 14.0 Å². The number of ketones is 1. The van der Waals surface area contributed by atoms with Crippen LogP contribution in [-0.4, -0.2) is 24.1 Å². The summed E-state index contributed by atoms with van der Waals surface area (Å²) in [4.78, 5) is 11.9. The molecular formula is C13H13NO3. The van der Waals surface area contributed by atoms with Gasteiger partial charge in [0.1, 0.15) is 11.4 Å². The molecule has 88 valence electrons. The van der Waals surface area contributed by atoms with Crippen LogP contribution in [0.3, 0.4) is 0 Å². The van der Waals surface area contributed by atoms with Crippen LogP contribution < -0.4 is 9.47 Å². The van der Waals surface area contributed by atoms with E-state index in [0.29, 0.717) is 24.5 Å². The Morgan fingerprint density at radius 3 is 3.00 bits per heavy atom. The molecule has 0 radical (unpaired) electrons. The van der Waals surface area contributed by atoms with Gasteiger partial charge in [0.25, 0.3) is 0 Å². The number of Topliss-reactive ketones (excluding diaryl/α,β-unsaturated/α-hetero) is 1. The van der Waals surface area contributed by atoms with Crippen molar-refractivity contribution in [3.05, 3.63) is 23.9 Å². The van der Waals surface area contributed by atoms with E-state index in [9.17, 15) is 4.79 Å². The number of hydrogen-bond donors (Lipinski definition) is 0. The fourth-order valence-electron chi connectivity index (χ4n) is 2.33. The Morgan fingerprint density at radius 2 is 2.24 bits per heavy atom. The molecule has 4 nitrogen and oxygen atoms in total. The molecule has 2 heterocycles. The number of benzene rings is 1. The first-order valence-electron chi connectivity index (χ1n) is 5.55. The molecule has 2 aromatic rings. The van der Waals surface area contributed by atoms with Crippen LogP contribution in [-0.2, 0) is 7.05 Å². The van der Waals surface area contributed by atoms with Gasteiger partial charge in [-0.25, -0.2) is 0 Å². The number of hydrogen-bond acceptors (Lipinski definition) is 3. The highest BCUT2D eigenvalue weighted by molar-refractivity contribution is 6.06. The van der Waals surface area contributed by atoms with Gasteiger partial charge in [-0.1, -0.05) is 0 Å². The van der Waals surface area contributed by atoms with E-state index >= 15 is 0 Å². The molecule has 4 heteroatoms. The molecule has 0 unspecified atom stereocenters. The predicted octanol–water partition coefficient (Wildman–Crippen LogP) is 2.15. The van der Waals surface area contributed by atoms with Crippen LogP contribution in [0.2, 0.25) is 0 Å². The number of methoxy groups -OCH3 is 1. The Kier molecular flexibility index (Phi) is 2.11. The Morgan fingerprint density at radius 1 is 1.41 bits per heavy atom. The van der Waals surface area contributed by atoms with Gasteiger partial charge in [0, 0.05) is 24.9 Å². The molecule has 0 amide bonds. The van der Waals surface area contributed by atoms with Crippen molar-refractivity contribution in [3.8, 4) is 11.5 Å². The lowest BCUT2D eigenvalue weighted by molar-refractivity contribution is 0.0925. The third-order valence-electron chi connectivity index (χ3n) is 3.20. The van der Waals surface area contributed by atoms with Crippen molar-refractivity contribution in [2.24, 2.45) is 7.05 Å². The third-order valence-corrected chi connectivity index (χ3v) is 3.20. The maximum Gasteiger partial charge on any atom is 0.186 e. The van der Waals surface area contributed by atoms with Crippen molar-refractivity contribution in [1.82, 2.24) is 4.57 Å². The van der Waals surface area contributed by atoms with Crippen molar-refractivity contribution < 1.29 is 14.3 Å². The van der Waals surface area contributed by atoms with Crippen LogP contribution in [0.25, 0.3) is 10.9 Å². The Hall–Kier alpha value is -1.97. The van der Waals surface area contributed by atoms with Crippen molar-refractivity contribution >= 4 is 16.7 Å². The van der Waals surface area contributed by atoms with Gasteiger partial charge in [0.2, 0.25) is 0 Å². The summed E-state index contributed by atoms with van der Waals surface area (Å²) in [6.07, 6.45) is 0.453. The smallest absolute Gasteiger partial charge is 0.186 e. The number of aromatic nitrogens is 1. The first-order valence-corrected chi connectivity index (χ1v) is 5.55. The van der Waals surface area contributed by atoms with Crippen LogP contribution in [0.4, 0.5) is 0 Å².